The molecule has 0 radical (unpaired) electrons. The van der Waals surface area contributed by atoms with Gasteiger partial charge in [0.2, 0.25) is 0 Å². The van der Waals surface area contributed by atoms with Gasteiger partial charge in [0.05, 0.1) is 12.6 Å². The van der Waals surface area contributed by atoms with Crippen LogP contribution in [0, 0.1) is 5.82 Å². The van der Waals surface area contributed by atoms with E-state index in [4.69, 9.17) is 4.74 Å². The van der Waals surface area contributed by atoms with Crippen LogP contribution in [0.4, 0.5) is 10.1 Å². The number of ether oxygens (including phenoxy) is 1. The second-order valence-corrected chi connectivity index (χ2v) is 5.26. The van der Waals surface area contributed by atoms with Crippen molar-refractivity contribution >= 4 is 5.69 Å². The highest BCUT2D eigenvalue weighted by Crippen LogP contribution is 2.31. The monoisotopic (exact) mass is 287 g/mol. The summed E-state index contributed by atoms with van der Waals surface area (Å²) in [5, 5.41) is 9.90. The van der Waals surface area contributed by atoms with Gasteiger partial charge in [-0.15, -0.1) is 0 Å². The van der Waals surface area contributed by atoms with Gasteiger partial charge < -0.3 is 14.7 Å². The minimum absolute atomic E-state index is 0.332. The zero-order valence-electron chi connectivity index (χ0n) is 11.9. The zero-order chi connectivity index (χ0) is 14.8. The van der Waals surface area contributed by atoms with Crippen molar-refractivity contribution in [3.05, 3.63) is 59.4 Å². The largest absolute Gasteiger partial charge is 0.491 e. The maximum absolute atomic E-state index is 13.4. The summed E-state index contributed by atoms with van der Waals surface area (Å²) in [4.78, 5) is 2.12. The van der Waals surface area contributed by atoms with Gasteiger partial charge in [-0.1, -0.05) is 18.2 Å². The Bertz CT molecular complexity index is 642. The van der Waals surface area contributed by atoms with Gasteiger partial charge in [0.1, 0.15) is 18.2 Å². The van der Waals surface area contributed by atoms with Crippen LogP contribution in [0.5, 0.6) is 5.75 Å². The topological polar surface area (TPSA) is 32.7 Å². The Morgan fingerprint density at radius 2 is 2.05 bits per heavy atom. The van der Waals surface area contributed by atoms with Crippen LogP contribution in [0.1, 0.15) is 24.2 Å². The van der Waals surface area contributed by atoms with E-state index in [9.17, 15) is 9.50 Å². The maximum Gasteiger partial charge on any atom is 0.124 e. The van der Waals surface area contributed by atoms with Crippen molar-refractivity contribution in [3.63, 3.8) is 0 Å². The van der Waals surface area contributed by atoms with Gasteiger partial charge in [-0.25, -0.2) is 4.39 Å². The summed E-state index contributed by atoms with van der Waals surface area (Å²) in [5.41, 5.74) is 2.55. The first kappa shape index (κ1) is 13.9. The van der Waals surface area contributed by atoms with E-state index in [-0.39, 0.29) is 5.82 Å². The van der Waals surface area contributed by atoms with E-state index >= 15 is 0 Å². The van der Waals surface area contributed by atoms with Gasteiger partial charge in [-0.05, 0) is 31.2 Å². The molecule has 2 aromatic carbocycles. The lowest BCUT2D eigenvalue weighted by molar-refractivity contribution is 0.199. The van der Waals surface area contributed by atoms with Gasteiger partial charge in [0.25, 0.3) is 0 Å². The van der Waals surface area contributed by atoms with Crippen LogP contribution in [0.2, 0.25) is 0 Å². The Kier molecular flexibility index (Phi) is 3.80. The molecule has 4 heteroatoms. The summed E-state index contributed by atoms with van der Waals surface area (Å²) in [6.07, 6.45) is -0.713. The highest BCUT2D eigenvalue weighted by Gasteiger charge is 2.19. The van der Waals surface area contributed by atoms with Crippen molar-refractivity contribution < 1.29 is 14.2 Å². The number of para-hydroxylation sites is 1. The fraction of sp³-hybridized carbons (Fsp3) is 0.294. The quantitative estimate of drug-likeness (QED) is 0.920. The fourth-order valence-corrected chi connectivity index (χ4v) is 2.68. The molecule has 0 saturated carbocycles. The number of aliphatic hydroxyl groups is 1. The molecule has 0 amide bonds. The summed E-state index contributed by atoms with van der Waals surface area (Å²) in [6, 6.07) is 12.5. The van der Waals surface area contributed by atoms with Crippen LogP contribution in [0.25, 0.3) is 0 Å². The summed E-state index contributed by atoms with van der Waals surface area (Å²) in [6.45, 7) is 3.59. The zero-order valence-corrected chi connectivity index (χ0v) is 11.9. The molecule has 21 heavy (non-hydrogen) atoms. The van der Waals surface area contributed by atoms with Crippen LogP contribution in [0.15, 0.2) is 42.5 Å². The third-order valence-corrected chi connectivity index (χ3v) is 3.73. The molecule has 0 aliphatic carbocycles. The lowest BCUT2D eigenvalue weighted by Crippen LogP contribution is -2.26. The summed E-state index contributed by atoms with van der Waals surface area (Å²) >= 11 is 0. The molecule has 0 aromatic heterocycles. The highest BCUT2D eigenvalue weighted by molar-refractivity contribution is 5.56. The smallest absolute Gasteiger partial charge is 0.124 e. The molecule has 1 atom stereocenters. The normalized spacial score (nSPS) is 15.9. The molecular weight excluding hydrogens is 269 g/mol. The number of nitrogens with zero attached hydrogens (tertiary/aromatic N) is 1. The minimum atomic E-state index is -0.713. The Labute approximate surface area is 123 Å². The molecule has 0 bridgehead atoms. The van der Waals surface area contributed by atoms with Gasteiger partial charge in [0.15, 0.2) is 0 Å². The first-order valence-corrected chi connectivity index (χ1v) is 7.08. The average molecular weight is 287 g/mol. The number of halogens is 1. The third kappa shape index (κ3) is 2.85. The fourth-order valence-electron chi connectivity index (χ4n) is 2.68. The molecule has 0 unspecified atom stereocenters. The van der Waals surface area contributed by atoms with Crippen molar-refractivity contribution in [2.45, 2.75) is 19.6 Å². The molecule has 3 nitrogen and oxygen atoms in total. The second kappa shape index (κ2) is 5.74. The Hall–Kier alpha value is -2.07. The second-order valence-electron chi connectivity index (χ2n) is 5.26. The van der Waals surface area contributed by atoms with Gasteiger partial charge in [-0.2, -0.15) is 0 Å². The molecule has 1 N–H and O–H groups in total. The SMILES string of the molecule is C[C@H](O)c1cc(F)ccc1N1CCOc2ccccc2C1. The summed E-state index contributed by atoms with van der Waals surface area (Å²) < 4.78 is 19.2. The maximum atomic E-state index is 13.4. The Morgan fingerprint density at radius 3 is 2.86 bits per heavy atom. The molecular formula is C17H18FNO2. The van der Waals surface area contributed by atoms with E-state index in [0.717, 1.165) is 17.0 Å². The molecule has 3 rings (SSSR count). The predicted molar refractivity (Wildman–Crippen MR) is 80.0 cm³/mol. The van der Waals surface area contributed by atoms with E-state index in [2.05, 4.69) is 4.90 Å². The number of benzene rings is 2. The average Bonchev–Trinajstić information content (AvgIpc) is 2.69. The molecule has 2 aromatic rings. The van der Waals surface area contributed by atoms with Crippen molar-refractivity contribution in [2.24, 2.45) is 0 Å². The number of hydrogen-bond donors (Lipinski definition) is 1. The van der Waals surface area contributed by atoms with Gasteiger partial charge in [0, 0.05) is 23.4 Å². The van der Waals surface area contributed by atoms with Crippen molar-refractivity contribution in [3.8, 4) is 5.75 Å². The summed E-state index contributed by atoms with van der Waals surface area (Å²) in [5.74, 6) is 0.557. The van der Waals surface area contributed by atoms with Crippen LogP contribution in [-0.4, -0.2) is 18.3 Å². The first-order chi connectivity index (χ1) is 10.1. The lowest BCUT2D eigenvalue weighted by Gasteiger charge is -2.26. The van der Waals surface area contributed by atoms with Crippen LogP contribution in [0.3, 0.4) is 0 Å². The van der Waals surface area contributed by atoms with Crippen molar-refractivity contribution in [1.82, 2.24) is 0 Å². The molecule has 0 fully saturated rings. The number of anilines is 1. The van der Waals surface area contributed by atoms with Crippen molar-refractivity contribution in [1.29, 1.82) is 0 Å². The van der Waals surface area contributed by atoms with E-state index < -0.39 is 6.10 Å². The van der Waals surface area contributed by atoms with E-state index in [1.165, 1.54) is 12.1 Å². The summed E-state index contributed by atoms with van der Waals surface area (Å²) in [7, 11) is 0. The highest BCUT2D eigenvalue weighted by atomic mass is 19.1. The Balaban J connectivity index is 1.98. The predicted octanol–water partition coefficient (Wildman–Crippen LogP) is 3.28. The van der Waals surface area contributed by atoms with E-state index in [1.54, 1.807) is 13.0 Å². The van der Waals surface area contributed by atoms with Crippen LogP contribution < -0.4 is 9.64 Å². The molecule has 1 heterocycles. The lowest BCUT2D eigenvalue weighted by atomic mass is 10.1. The van der Waals surface area contributed by atoms with E-state index in [0.29, 0.717) is 25.3 Å². The molecule has 110 valence electrons. The molecule has 1 aliphatic rings. The number of aliphatic hydroxyl groups excluding tert-OH is 1. The van der Waals surface area contributed by atoms with Gasteiger partial charge >= 0.3 is 0 Å². The third-order valence-electron chi connectivity index (χ3n) is 3.73. The van der Waals surface area contributed by atoms with E-state index in [1.807, 2.05) is 24.3 Å². The Morgan fingerprint density at radius 1 is 1.24 bits per heavy atom. The number of fused-ring (bicyclic) bond motifs is 1. The number of hydrogen-bond acceptors (Lipinski definition) is 3. The molecule has 1 aliphatic heterocycles. The van der Waals surface area contributed by atoms with Gasteiger partial charge in [-0.3, -0.25) is 0 Å². The first-order valence-electron chi connectivity index (χ1n) is 7.08. The van der Waals surface area contributed by atoms with Crippen molar-refractivity contribution in [2.75, 3.05) is 18.1 Å². The van der Waals surface area contributed by atoms with Crippen LogP contribution in [-0.2, 0) is 6.54 Å². The molecule has 0 spiro atoms. The standard InChI is InChI=1S/C17H18FNO2/c1-12(20)15-10-14(18)6-7-16(15)19-8-9-21-17-5-3-2-4-13(17)11-19/h2-7,10,12,20H,8-9,11H2,1H3/t12-/m0/s1. The minimum Gasteiger partial charge on any atom is -0.491 e. The number of rotatable bonds is 2. The molecule has 0 saturated heterocycles. The van der Waals surface area contributed by atoms with Crippen LogP contribution >= 0.6 is 0 Å².